The molecule has 4 aromatic rings. The highest BCUT2D eigenvalue weighted by Gasteiger charge is 2.45. The van der Waals surface area contributed by atoms with Gasteiger partial charge in [-0.05, 0) is 110 Å². The number of nitrogens with zero attached hydrogens (tertiary/aromatic N) is 1. The summed E-state index contributed by atoms with van der Waals surface area (Å²) in [4.78, 5) is 28.5. The monoisotopic (exact) mass is 711 g/mol. The van der Waals surface area contributed by atoms with Crippen LogP contribution in [0, 0.1) is 17.8 Å². The minimum absolute atomic E-state index is 0.0966. The summed E-state index contributed by atoms with van der Waals surface area (Å²) >= 11 is 3.73. The number of pyridine rings is 1. The second-order valence-electron chi connectivity index (χ2n) is 15.4. The van der Waals surface area contributed by atoms with Gasteiger partial charge in [-0.25, -0.2) is 0 Å². The van der Waals surface area contributed by atoms with Crippen LogP contribution in [0.4, 0.5) is 0 Å². The number of carboxylic acids is 2. The summed E-state index contributed by atoms with van der Waals surface area (Å²) in [6, 6.07) is 27.6. The van der Waals surface area contributed by atoms with E-state index in [4.69, 9.17) is 4.98 Å². The molecule has 2 aliphatic carbocycles. The van der Waals surface area contributed by atoms with Crippen LogP contribution in [0.1, 0.15) is 103 Å². The number of thioether (sulfide) groups is 2. The lowest BCUT2D eigenvalue weighted by molar-refractivity contribution is -0.139. The zero-order valence-corrected chi connectivity index (χ0v) is 31.0. The molecular weight excluding hydrogens is 663 g/mol. The Morgan fingerprint density at radius 1 is 0.800 bits per heavy atom. The van der Waals surface area contributed by atoms with Gasteiger partial charge in [0.2, 0.25) is 0 Å². The molecule has 8 heteroatoms. The van der Waals surface area contributed by atoms with Crippen molar-refractivity contribution in [2.24, 2.45) is 10.8 Å². The highest BCUT2D eigenvalue weighted by atomic mass is 32.2. The van der Waals surface area contributed by atoms with Gasteiger partial charge in [0.05, 0.1) is 24.0 Å². The molecular formula is C42H49NO5S2. The number of hydrogen-bond donors (Lipinski definition) is 3. The van der Waals surface area contributed by atoms with Crippen molar-refractivity contribution >= 4 is 46.4 Å². The lowest BCUT2D eigenvalue weighted by Gasteiger charge is -2.25. The normalized spacial score (nSPS) is 17.3. The summed E-state index contributed by atoms with van der Waals surface area (Å²) in [6.45, 7) is 5.74. The Hall–Kier alpha value is -3.33. The molecule has 1 aromatic heterocycles. The van der Waals surface area contributed by atoms with Gasteiger partial charge in [-0.15, -0.1) is 0 Å². The van der Waals surface area contributed by atoms with Crippen molar-refractivity contribution < 1.29 is 24.9 Å². The summed E-state index contributed by atoms with van der Waals surface area (Å²) in [5, 5.41) is 31.5. The average Bonchev–Trinajstić information content (AvgIpc) is 4.00. The highest BCUT2D eigenvalue weighted by molar-refractivity contribution is 7.99. The molecule has 2 saturated carbocycles. The molecule has 264 valence electrons. The van der Waals surface area contributed by atoms with Crippen LogP contribution in [-0.2, 0) is 28.0 Å². The third-order valence-corrected chi connectivity index (χ3v) is 13.8. The van der Waals surface area contributed by atoms with Crippen LogP contribution in [0.2, 0.25) is 0 Å². The molecule has 0 saturated heterocycles. The van der Waals surface area contributed by atoms with E-state index in [1.54, 1.807) is 0 Å². The summed E-state index contributed by atoms with van der Waals surface area (Å²) < 4.78 is 0. The lowest BCUT2D eigenvalue weighted by Crippen LogP contribution is -2.18. The fourth-order valence-electron chi connectivity index (χ4n) is 7.07. The van der Waals surface area contributed by atoms with E-state index >= 15 is 0 Å². The SMILES string of the molecule is Cc1ccc2ccc(CC(SCC3(CC(=O)O)CC3)c3cccc([C@@H](CCc4ccccc4C(C)(C)O)SCC4(CC(=O)O)CC4)c3)nc2c1. The summed E-state index contributed by atoms with van der Waals surface area (Å²) in [5.74, 6) is 0.146. The van der Waals surface area contributed by atoms with E-state index in [0.29, 0.717) is 0 Å². The number of aromatic nitrogens is 1. The molecule has 0 amide bonds. The summed E-state index contributed by atoms with van der Waals surface area (Å²) in [5.41, 5.74) is 6.48. The Bertz CT molecular complexity index is 1840. The molecule has 0 aliphatic heterocycles. The van der Waals surface area contributed by atoms with Gasteiger partial charge in [-0.3, -0.25) is 14.6 Å². The molecule has 50 heavy (non-hydrogen) atoms. The fourth-order valence-corrected chi connectivity index (χ4v) is 10.2. The Morgan fingerprint density at radius 3 is 2.02 bits per heavy atom. The molecule has 1 unspecified atom stereocenters. The standard InChI is InChI=1S/C42H49NO5S2/c1-28-11-12-30-13-15-33(43-35(30)21-28)23-37(50-27-42(19-20-42)25-39(46)47)32-9-6-8-31(22-32)36(49-26-41(17-18-41)24-38(44)45)16-14-29-7-4-5-10-34(29)40(2,3)48/h4-13,15,21-22,36-37,48H,14,16-20,23-27H2,1-3H3,(H,44,45)(H,46,47)/t36-,37?/m1/s1. The number of aliphatic carboxylic acids is 2. The Morgan fingerprint density at radius 2 is 1.40 bits per heavy atom. The zero-order valence-electron chi connectivity index (χ0n) is 29.4. The van der Waals surface area contributed by atoms with E-state index in [9.17, 15) is 24.9 Å². The van der Waals surface area contributed by atoms with Gasteiger partial charge < -0.3 is 15.3 Å². The third kappa shape index (κ3) is 9.51. The molecule has 2 fully saturated rings. The van der Waals surface area contributed by atoms with Crippen LogP contribution in [0.15, 0.2) is 78.9 Å². The minimum Gasteiger partial charge on any atom is -0.481 e. The first-order chi connectivity index (χ1) is 23.8. The molecule has 6 nitrogen and oxygen atoms in total. The van der Waals surface area contributed by atoms with Crippen molar-refractivity contribution in [3.8, 4) is 0 Å². The van der Waals surface area contributed by atoms with Crippen LogP contribution < -0.4 is 0 Å². The van der Waals surface area contributed by atoms with E-state index in [1.165, 1.54) is 16.7 Å². The quantitative estimate of drug-likeness (QED) is 0.0937. The van der Waals surface area contributed by atoms with E-state index in [-0.39, 0.29) is 34.2 Å². The number of carboxylic acid groups (broad SMARTS) is 2. The third-order valence-electron chi connectivity index (χ3n) is 10.5. The summed E-state index contributed by atoms with van der Waals surface area (Å²) in [7, 11) is 0. The van der Waals surface area contributed by atoms with Crippen molar-refractivity contribution in [2.45, 2.75) is 94.7 Å². The lowest BCUT2D eigenvalue weighted by atomic mass is 9.90. The van der Waals surface area contributed by atoms with Gasteiger partial charge in [-0.2, -0.15) is 23.5 Å². The Kier molecular flexibility index (Phi) is 11.0. The molecule has 0 spiro atoms. The predicted molar refractivity (Wildman–Crippen MR) is 205 cm³/mol. The summed E-state index contributed by atoms with van der Waals surface area (Å²) in [6.07, 6.45) is 6.63. The molecule has 2 aliphatic rings. The molecule has 0 radical (unpaired) electrons. The van der Waals surface area contributed by atoms with E-state index < -0.39 is 17.5 Å². The minimum atomic E-state index is -0.946. The first kappa shape index (κ1) is 36.5. The molecule has 1 heterocycles. The first-order valence-electron chi connectivity index (χ1n) is 17.8. The predicted octanol–water partition coefficient (Wildman–Crippen LogP) is 9.70. The highest BCUT2D eigenvalue weighted by Crippen LogP contribution is 2.55. The topological polar surface area (TPSA) is 108 Å². The van der Waals surface area contributed by atoms with Crippen LogP contribution in [0.25, 0.3) is 10.9 Å². The van der Waals surface area contributed by atoms with Crippen LogP contribution in [0.5, 0.6) is 0 Å². The molecule has 3 N–H and O–H groups in total. The van der Waals surface area contributed by atoms with Crippen molar-refractivity contribution in [1.82, 2.24) is 4.98 Å². The van der Waals surface area contributed by atoms with Gasteiger partial charge in [0.15, 0.2) is 0 Å². The second-order valence-corrected chi connectivity index (χ2v) is 17.8. The first-order valence-corrected chi connectivity index (χ1v) is 19.9. The molecule has 0 bridgehead atoms. The van der Waals surface area contributed by atoms with Gasteiger partial charge in [0.25, 0.3) is 0 Å². The van der Waals surface area contributed by atoms with Crippen molar-refractivity contribution in [3.05, 3.63) is 112 Å². The van der Waals surface area contributed by atoms with E-state index in [1.807, 2.05) is 55.6 Å². The fraction of sp³-hybridized carbons (Fsp3) is 0.452. The van der Waals surface area contributed by atoms with Crippen molar-refractivity contribution in [2.75, 3.05) is 11.5 Å². The number of aryl methyl sites for hydroxylation is 2. The molecule has 6 rings (SSSR count). The average molecular weight is 712 g/mol. The molecule has 2 atom stereocenters. The van der Waals surface area contributed by atoms with Crippen molar-refractivity contribution in [1.29, 1.82) is 0 Å². The Labute approximate surface area is 304 Å². The van der Waals surface area contributed by atoms with Crippen LogP contribution >= 0.6 is 23.5 Å². The zero-order chi connectivity index (χ0) is 35.5. The second kappa shape index (κ2) is 15.1. The van der Waals surface area contributed by atoms with Gasteiger partial charge in [0, 0.05) is 39.5 Å². The van der Waals surface area contributed by atoms with E-state index in [0.717, 1.165) is 84.2 Å². The number of aliphatic hydroxyl groups is 1. The maximum atomic E-state index is 11.7. The largest absolute Gasteiger partial charge is 0.481 e. The number of hydrogen-bond acceptors (Lipinski definition) is 6. The van der Waals surface area contributed by atoms with Gasteiger partial charge in [-0.1, -0.05) is 66.7 Å². The van der Waals surface area contributed by atoms with Gasteiger partial charge >= 0.3 is 11.9 Å². The number of rotatable bonds is 18. The maximum absolute atomic E-state index is 11.7. The maximum Gasteiger partial charge on any atom is 0.303 e. The van der Waals surface area contributed by atoms with Crippen LogP contribution in [0.3, 0.4) is 0 Å². The number of benzene rings is 3. The smallest absolute Gasteiger partial charge is 0.303 e. The van der Waals surface area contributed by atoms with Gasteiger partial charge in [0.1, 0.15) is 0 Å². The van der Waals surface area contributed by atoms with E-state index in [2.05, 4.69) is 67.6 Å². The van der Waals surface area contributed by atoms with Crippen molar-refractivity contribution in [3.63, 3.8) is 0 Å². The Balaban J connectivity index is 1.29. The number of fused-ring (bicyclic) bond motifs is 1. The number of carbonyl (C=O) groups is 2. The molecule has 3 aromatic carbocycles. The van der Waals surface area contributed by atoms with Crippen LogP contribution in [-0.4, -0.2) is 43.7 Å².